The van der Waals surface area contributed by atoms with Crippen LogP contribution in [0.5, 0.6) is 0 Å². The van der Waals surface area contributed by atoms with Gasteiger partial charge in [0.25, 0.3) is 0 Å². The van der Waals surface area contributed by atoms with Crippen LogP contribution in [0.2, 0.25) is 0 Å². The Labute approximate surface area is 143 Å². The van der Waals surface area contributed by atoms with Crippen molar-refractivity contribution >= 4 is 27.3 Å². The first-order valence-corrected chi connectivity index (χ1v) is 9.00. The molecule has 2 rings (SSSR count). The monoisotopic (exact) mass is 372 g/mol. The minimum atomic E-state index is -3.90. The van der Waals surface area contributed by atoms with Crippen molar-refractivity contribution in [3.05, 3.63) is 59.9 Å². The maximum absolute atomic E-state index is 13.9. The zero-order valence-corrected chi connectivity index (χ0v) is 14.0. The third-order valence-electron chi connectivity index (χ3n) is 3.23. The molecule has 0 bridgehead atoms. The van der Waals surface area contributed by atoms with Crippen molar-refractivity contribution in [2.75, 3.05) is 22.4 Å². The molecule has 0 atom stereocenters. The standard InChI is InChI=1S/C16H15F3N2O3S/c1-25(23,24)21(15-6-5-12(18)10-14(15)19)8-7-16(22)20-13-4-2-3-11(17)9-13/h2-6,9-10H,7-8H2,1H3,(H,20,22). The number of nitrogens with zero attached hydrogens (tertiary/aromatic N) is 1. The van der Waals surface area contributed by atoms with Gasteiger partial charge in [-0.1, -0.05) is 6.07 Å². The Morgan fingerprint density at radius 3 is 2.36 bits per heavy atom. The molecule has 0 unspecified atom stereocenters. The minimum Gasteiger partial charge on any atom is -0.326 e. The molecule has 0 saturated carbocycles. The van der Waals surface area contributed by atoms with Gasteiger partial charge in [0.1, 0.15) is 17.5 Å². The molecule has 0 radical (unpaired) electrons. The van der Waals surface area contributed by atoms with Crippen LogP contribution in [0.3, 0.4) is 0 Å². The highest BCUT2D eigenvalue weighted by molar-refractivity contribution is 7.92. The number of carbonyl (C=O) groups is 1. The van der Waals surface area contributed by atoms with Crippen LogP contribution in [0.1, 0.15) is 6.42 Å². The summed E-state index contributed by atoms with van der Waals surface area (Å²) in [6, 6.07) is 7.64. The molecular weight excluding hydrogens is 357 g/mol. The summed E-state index contributed by atoms with van der Waals surface area (Å²) in [6.07, 6.45) is 0.542. The van der Waals surface area contributed by atoms with Crippen LogP contribution in [0.4, 0.5) is 24.5 Å². The molecule has 1 N–H and O–H groups in total. The van der Waals surface area contributed by atoms with Crippen molar-refractivity contribution in [3.8, 4) is 0 Å². The molecule has 0 aliphatic rings. The first-order chi connectivity index (χ1) is 11.7. The lowest BCUT2D eigenvalue weighted by atomic mass is 10.2. The van der Waals surface area contributed by atoms with E-state index in [0.29, 0.717) is 10.4 Å². The molecule has 5 nitrogen and oxygen atoms in total. The molecule has 9 heteroatoms. The van der Waals surface area contributed by atoms with Crippen molar-refractivity contribution in [3.63, 3.8) is 0 Å². The van der Waals surface area contributed by atoms with Gasteiger partial charge in [0.15, 0.2) is 0 Å². The van der Waals surface area contributed by atoms with Gasteiger partial charge in [-0.05, 0) is 30.3 Å². The Hall–Kier alpha value is -2.55. The second-order valence-electron chi connectivity index (χ2n) is 5.24. The number of anilines is 2. The highest BCUT2D eigenvalue weighted by atomic mass is 32.2. The van der Waals surface area contributed by atoms with Crippen LogP contribution in [-0.4, -0.2) is 27.1 Å². The molecule has 1 amide bonds. The van der Waals surface area contributed by atoms with Crippen LogP contribution in [-0.2, 0) is 14.8 Å². The molecule has 2 aromatic rings. The van der Waals surface area contributed by atoms with Crippen molar-refractivity contribution in [1.29, 1.82) is 0 Å². The number of sulfonamides is 1. The first kappa shape index (κ1) is 18.8. The van der Waals surface area contributed by atoms with Crippen LogP contribution in [0, 0.1) is 17.5 Å². The summed E-state index contributed by atoms with van der Waals surface area (Å²) in [5.74, 6) is -3.03. The van der Waals surface area contributed by atoms with Crippen molar-refractivity contribution < 1.29 is 26.4 Å². The normalized spacial score (nSPS) is 11.2. The lowest BCUT2D eigenvalue weighted by Crippen LogP contribution is -2.33. The third-order valence-corrected chi connectivity index (χ3v) is 4.41. The Morgan fingerprint density at radius 1 is 1.08 bits per heavy atom. The smallest absolute Gasteiger partial charge is 0.232 e. The Bertz CT molecular complexity index is 888. The summed E-state index contributed by atoms with van der Waals surface area (Å²) in [5.41, 5.74) is -0.147. The number of halogens is 3. The van der Waals surface area contributed by atoms with Gasteiger partial charge in [0.05, 0.1) is 11.9 Å². The SMILES string of the molecule is CS(=O)(=O)N(CCC(=O)Nc1cccc(F)c1)c1ccc(F)cc1F. The maximum atomic E-state index is 13.9. The number of benzene rings is 2. The molecule has 0 spiro atoms. The fourth-order valence-corrected chi connectivity index (χ4v) is 3.07. The average Bonchev–Trinajstić information content (AvgIpc) is 2.48. The van der Waals surface area contributed by atoms with Gasteiger partial charge >= 0.3 is 0 Å². The van der Waals surface area contributed by atoms with E-state index in [1.807, 2.05) is 0 Å². The fraction of sp³-hybridized carbons (Fsp3) is 0.188. The molecule has 25 heavy (non-hydrogen) atoms. The summed E-state index contributed by atoms with van der Waals surface area (Å²) >= 11 is 0. The number of rotatable bonds is 6. The van der Waals surface area contributed by atoms with Gasteiger partial charge in [-0.3, -0.25) is 9.10 Å². The maximum Gasteiger partial charge on any atom is 0.232 e. The predicted molar refractivity (Wildman–Crippen MR) is 88.2 cm³/mol. The van der Waals surface area contributed by atoms with E-state index in [0.717, 1.165) is 24.5 Å². The van der Waals surface area contributed by atoms with E-state index in [9.17, 15) is 26.4 Å². The topological polar surface area (TPSA) is 66.5 Å². The quantitative estimate of drug-likeness (QED) is 0.848. The molecule has 2 aromatic carbocycles. The fourth-order valence-electron chi connectivity index (χ4n) is 2.14. The second kappa shape index (κ2) is 7.56. The highest BCUT2D eigenvalue weighted by Gasteiger charge is 2.22. The number of carbonyl (C=O) groups excluding carboxylic acids is 1. The average molecular weight is 372 g/mol. The zero-order valence-electron chi connectivity index (χ0n) is 13.2. The van der Waals surface area contributed by atoms with Gasteiger partial charge < -0.3 is 5.32 Å². The van der Waals surface area contributed by atoms with Gasteiger partial charge in [0.2, 0.25) is 15.9 Å². The van der Waals surface area contributed by atoms with Crippen LogP contribution >= 0.6 is 0 Å². The Kier molecular flexibility index (Phi) is 5.68. The Morgan fingerprint density at radius 2 is 1.76 bits per heavy atom. The van der Waals surface area contributed by atoms with E-state index in [2.05, 4.69) is 5.32 Å². The van der Waals surface area contributed by atoms with Crippen molar-refractivity contribution in [2.24, 2.45) is 0 Å². The molecular formula is C16H15F3N2O3S. The molecule has 0 aliphatic carbocycles. The number of hydrogen-bond acceptors (Lipinski definition) is 3. The summed E-state index contributed by atoms with van der Waals surface area (Å²) in [6.45, 7) is -0.359. The van der Waals surface area contributed by atoms with E-state index >= 15 is 0 Å². The summed E-state index contributed by atoms with van der Waals surface area (Å²) < 4.78 is 64.3. The molecule has 134 valence electrons. The third kappa shape index (κ3) is 5.21. The number of hydrogen-bond donors (Lipinski definition) is 1. The number of nitrogens with one attached hydrogen (secondary N) is 1. The van der Waals surface area contributed by atoms with E-state index < -0.39 is 33.4 Å². The summed E-state index contributed by atoms with van der Waals surface area (Å²) in [5, 5.41) is 2.41. The van der Waals surface area contributed by atoms with Gasteiger partial charge in [-0.15, -0.1) is 0 Å². The number of amides is 1. The molecule has 0 aliphatic heterocycles. The van der Waals surface area contributed by atoms with E-state index in [4.69, 9.17) is 0 Å². The Balaban J connectivity index is 2.12. The summed E-state index contributed by atoms with van der Waals surface area (Å²) in [7, 11) is -3.90. The lowest BCUT2D eigenvalue weighted by molar-refractivity contribution is -0.116. The summed E-state index contributed by atoms with van der Waals surface area (Å²) in [4.78, 5) is 11.9. The molecule has 0 aromatic heterocycles. The van der Waals surface area contributed by atoms with Crippen LogP contribution in [0.15, 0.2) is 42.5 Å². The highest BCUT2D eigenvalue weighted by Crippen LogP contribution is 2.23. The zero-order chi connectivity index (χ0) is 18.6. The van der Waals surface area contributed by atoms with Crippen molar-refractivity contribution in [2.45, 2.75) is 6.42 Å². The molecule has 0 fully saturated rings. The van der Waals surface area contributed by atoms with E-state index in [1.165, 1.54) is 18.2 Å². The molecule has 0 heterocycles. The molecule has 0 saturated heterocycles. The van der Waals surface area contributed by atoms with Gasteiger partial charge in [-0.25, -0.2) is 21.6 Å². The predicted octanol–water partition coefficient (Wildman–Crippen LogP) is 2.90. The minimum absolute atomic E-state index is 0.212. The second-order valence-corrected chi connectivity index (χ2v) is 7.15. The largest absolute Gasteiger partial charge is 0.326 e. The van der Waals surface area contributed by atoms with Gasteiger partial charge in [0, 0.05) is 24.7 Å². The lowest BCUT2D eigenvalue weighted by Gasteiger charge is -2.22. The first-order valence-electron chi connectivity index (χ1n) is 7.15. The van der Waals surface area contributed by atoms with E-state index in [-0.39, 0.29) is 24.3 Å². The van der Waals surface area contributed by atoms with Crippen LogP contribution < -0.4 is 9.62 Å². The van der Waals surface area contributed by atoms with Gasteiger partial charge in [-0.2, -0.15) is 0 Å². The van der Waals surface area contributed by atoms with E-state index in [1.54, 1.807) is 0 Å². The van der Waals surface area contributed by atoms with Crippen LogP contribution in [0.25, 0.3) is 0 Å². The van der Waals surface area contributed by atoms with Crippen molar-refractivity contribution in [1.82, 2.24) is 0 Å².